The van der Waals surface area contributed by atoms with Crippen LogP contribution in [0.15, 0.2) is 28.4 Å². The van der Waals surface area contributed by atoms with Crippen LogP contribution in [0, 0.1) is 10.1 Å². The lowest BCUT2D eigenvalue weighted by Crippen LogP contribution is -2.01. The Labute approximate surface area is 99.1 Å². The zero-order chi connectivity index (χ0) is 13.3. The van der Waals surface area contributed by atoms with Gasteiger partial charge >= 0.3 is 6.03 Å². The summed E-state index contributed by atoms with van der Waals surface area (Å²) < 4.78 is 0. The number of hydrogen-bond donors (Lipinski definition) is 3. The molecule has 1 aromatic heterocycles. The van der Waals surface area contributed by atoms with Crippen molar-refractivity contribution in [1.82, 2.24) is 4.98 Å². The van der Waals surface area contributed by atoms with Crippen LogP contribution in [0.1, 0.15) is 0 Å². The van der Waals surface area contributed by atoms with E-state index >= 15 is 0 Å². The molecule has 9 nitrogen and oxygen atoms in total. The van der Waals surface area contributed by atoms with Crippen LogP contribution in [-0.4, -0.2) is 21.0 Å². The number of carbonyl (C=O) groups excluding carboxylic acids is 1. The third kappa shape index (κ3) is 1.96. The molecule has 0 aliphatic carbocycles. The monoisotopic (exact) mass is 249 g/mol. The normalized spacial score (nSPS) is 11.1. The minimum atomic E-state index is -1.03. The molecule has 2 amide bonds. The SMILES string of the molecule is NC(=O)N=Nc1c(O)[nH]c2ccc([N+](=O)[O-])cc12. The van der Waals surface area contributed by atoms with Crippen molar-refractivity contribution in [3.8, 4) is 5.88 Å². The number of aromatic amines is 1. The van der Waals surface area contributed by atoms with Gasteiger partial charge in [0.05, 0.1) is 10.4 Å². The Kier molecular flexibility index (Phi) is 2.64. The predicted molar refractivity (Wildman–Crippen MR) is 60.7 cm³/mol. The molecule has 0 unspecified atom stereocenters. The molecule has 2 rings (SSSR count). The van der Waals surface area contributed by atoms with Crippen LogP contribution in [0.25, 0.3) is 10.9 Å². The van der Waals surface area contributed by atoms with Crippen molar-refractivity contribution in [3.05, 3.63) is 28.3 Å². The number of nitrogens with zero attached hydrogens (tertiary/aromatic N) is 3. The van der Waals surface area contributed by atoms with Gasteiger partial charge in [0.2, 0.25) is 5.88 Å². The second kappa shape index (κ2) is 4.13. The Hall–Kier alpha value is -2.97. The molecule has 0 atom stereocenters. The average molecular weight is 249 g/mol. The molecule has 0 spiro atoms. The quantitative estimate of drug-likeness (QED) is 0.423. The number of urea groups is 1. The summed E-state index contributed by atoms with van der Waals surface area (Å²) in [6, 6.07) is 2.86. The minimum Gasteiger partial charge on any atom is -0.493 e. The van der Waals surface area contributed by atoms with E-state index in [1.807, 2.05) is 0 Å². The number of nitrogens with two attached hydrogens (primary N) is 1. The molecule has 92 valence electrons. The van der Waals surface area contributed by atoms with E-state index in [1.54, 1.807) is 0 Å². The zero-order valence-corrected chi connectivity index (χ0v) is 8.82. The van der Waals surface area contributed by atoms with Crippen molar-refractivity contribution < 1.29 is 14.8 Å². The molecule has 0 saturated carbocycles. The van der Waals surface area contributed by atoms with Crippen molar-refractivity contribution in [2.45, 2.75) is 0 Å². The first-order chi connectivity index (χ1) is 8.49. The van der Waals surface area contributed by atoms with Crippen LogP contribution < -0.4 is 5.73 Å². The third-order valence-electron chi connectivity index (χ3n) is 2.20. The lowest BCUT2D eigenvalue weighted by atomic mass is 10.2. The highest BCUT2D eigenvalue weighted by atomic mass is 16.6. The van der Waals surface area contributed by atoms with Gasteiger partial charge in [0.15, 0.2) is 5.69 Å². The summed E-state index contributed by atoms with van der Waals surface area (Å²) in [7, 11) is 0. The topological polar surface area (TPSA) is 147 Å². The molecule has 4 N–H and O–H groups in total. The van der Waals surface area contributed by atoms with Gasteiger partial charge in [-0.3, -0.25) is 10.1 Å². The number of carbonyl (C=O) groups is 1. The van der Waals surface area contributed by atoms with Gasteiger partial charge in [-0.05, 0) is 6.07 Å². The van der Waals surface area contributed by atoms with Crippen molar-refractivity contribution in [2.75, 3.05) is 0 Å². The Bertz CT molecular complexity index is 675. The minimum absolute atomic E-state index is 0.0764. The van der Waals surface area contributed by atoms with Gasteiger partial charge in [-0.2, -0.15) is 0 Å². The van der Waals surface area contributed by atoms with Gasteiger partial charge in [0, 0.05) is 17.5 Å². The first kappa shape index (κ1) is 11.5. The Balaban J connectivity index is 2.63. The first-order valence-electron chi connectivity index (χ1n) is 4.69. The first-order valence-corrected chi connectivity index (χ1v) is 4.69. The number of H-pyrrole nitrogens is 1. The standard InChI is InChI=1S/C9H7N5O4/c10-9(16)13-12-7-5-3-4(14(17)18)1-2-6(5)11-8(7)15/h1-3,11,15H,(H2,10,16). The highest BCUT2D eigenvalue weighted by molar-refractivity contribution is 5.95. The smallest absolute Gasteiger partial charge is 0.356 e. The fourth-order valence-corrected chi connectivity index (χ4v) is 1.47. The number of benzene rings is 1. The number of rotatable bonds is 2. The molecule has 0 bridgehead atoms. The number of nitro groups is 1. The summed E-state index contributed by atoms with van der Waals surface area (Å²) in [4.78, 5) is 23.1. The second-order valence-corrected chi connectivity index (χ2v) is 3.35. The summed E-state index contributed by atoms with van der Waals surface area (Å²) in [5, 5.41) is 27.0. The van der Waals surface area contributed by atoms with Crippen LogP contribution in [0.5, 0.6) is 5.88 Å². The molecular weight excluding hydrogens is 242 g/mol. The Morgan fingerprint density at radius 3 is 2.83 bits per heavy atom. The van der Waals surface area contributed by atoms with Gasteiger partial charge < -0.3 is 15.8 Å². The van der Waals surface area contributed by atoms with Crippen LogP contribution in [0.3, 0.4) is 0 Å². The maximum absolute atomic E-state index is 10.6. The molecule has 1 aromatic carbocycles. The number of aromatic hydroxyl groups is 1. The Morgan fingerprint density at radius 2 is 2.22 bits per heavy atom. The van der Waals surface area contributed by atoms with Crippen LogP contribution in [0.2, 0.25) is 0 Å². The summed E-state index contributed by atoms with van der Waals surface area (Å²) in [6.45, 7) is 0. The van der Waals surface area contributed by atoms with Crippen molar-refractivity contribution in [1.29, 1.82) is 0 Å². The maximum Gasteiger partial charge on any atom is 0.356 e. The van der Waals surface area contributed by atoms with Crippen molar-refractivity contribution in [3.63, 3.8) is 0 Å². The molecule has 2 aromatic rings. The Morgan fingerprint density at radius 1 is 1.50 bits per heavy atom. The number of primary amides is 1. The second-order valence-electron chi connectivity index (χ2n) is 3.35. The number of aromatic nitrogens is 1. The van der Waals surface area contributed by atoms with Crippen LogP contribution in [0.4, 0.5) is 16.2 Å². The molecular formula is C9H7N5O4. The van der Waals surface area contributed by atoms with Crippen LogP contribution in [-0.2, 0) is 0 Å². The molecule has 18 heavy (non-hydrogen) atoms. The number of nitro benzene ring substituents is 1. The van der Waals surface area contributed by atoms with Gasteiger partial charge in [-0.15, -0.1) is 5.11 Å². The highest BCUT2D eigenvalue weighted by Gasteiger charge is 2.14. The number of hydrogen-bond acceptors (Lipinski definition) is 5. The summed E-state index contributed by atoms with van der Waals surface area (Å²) in [6.07, 6.45) is 0. The lowest BCUT2D eigenvalue weighted by Gasteiger charge is -1.92. The molecule has 9 heteroatoms. The van der Waals surface area contributed by atoms with E-state index in [1.165, 1.54) is 18.2 Å². The molecule has 0 aliphatic rings. The molecule has 0 fully saturated rings. The highest BCUT2D eigenvalue weighted by Crippen LogP contribution is 2.37. The number of non-ortho nitro benzene ring substituents is 1. The number of nitrogens with one attached hydrogen (secondary N) is 1. The van der Waals surface area contributed by atoms with E-state index in [9.17, 15) is 20.0 Å². The molecule has 0 saturated heterocycles. The van der Waals surface area contributed by atoms with Gasteiger partial charge in [0.1, 0.15) is 0 Å². The van der Waals surface area contributed by atoms with E-state index in [-0.39, 0.29) is 22.6 Å². The molecule has 0 aliphatic heterocycles. The van der Waals surface area contributed by atoms with E-state index in [0.717, 1.165) is 0 Å². The van der Waals surface area contributed by atoms with E-state index < -0.39 is 11.0 Å². The fourth-order valence-electron chi connectivity index (χ4n) is 1.47. The lowest BCUT2D eigenvalue weighted by molar-refractivity contribution is -0.384. The number of amides is 2. The van der Waals surface area contributed by atoms with E-state index in [2.05, 4.69) is 15.2 Å². The largest absolute Gasteiger partial charge is 0.493 e. The predicted octanol–water partition coefficient (Wildman–Crippen LogP) is 1.94. The molecule has 1 heterocycles. The maximum atomic E-state index is 10.6. The van der Waals surface area contributed by atoms with E-state index in [4.69, 9.17) is 5.73 Å². The van der Waals surface area contributed by atoms with Gasteiger partial charge in [0.25, 0.3) is 5.69 Å². The van der Waals surface area contributed by atoms with Crippen LogP contribution >= 0.6 is 0 Å². The van der Waals surface area contributed by atoms with Crippen molar-refractivity contribution >= 4 is 28.3 Å². The van der Waals surface area contributed by atoms with Gasteiger partial charge in [-0.1, -0.05) is 5.11 Å². The van der Waals surface area contributed by atoms with Gasteiger partial charge in [-0.25, -0.2) is 4.79 Å². The van der Waals surface area contributed by atoms with E-state index in [0.29, 0.717) is 5.52 Å². The zero-order valence-electron chi connectivity index (χ0n) is 8.82. The molecule has 0 radical (unpaired) electrons. The van der Waals surface area contributed by atoms with Crippen molar-refractivity contribution in [2.24, 2.45) is 16.0 Å². The average Bonchev–Trinajstić information content (AvgIpc) is 2.60. The fraction of sp³-hybridized carbons (Fsp3) is 0. The third-order valence-corrected chi connectivity index (χ3v) is 2.20. The summed E-state index contributed by atoms with van der Waals surface area (Å²) >= 11 is 0. The summed E-state index contributed by atoms with van der Waals surface area (Å²) in [5.41, 5.74) is 4.96. The number of fused-ring (bicyclic) bond motifs is 1. The number of azo groups is 1. The summed E-state index contributed by atoms with van der Waals surface area (Å²) in [5.74, 6) is -0.351.